The summed E-state index contributed by atoms with van der Waals surface area (Å²) >= 11 is 0. The first-order chi connectivity index (χ1) is 17.6. The Labute approximate surface area is 216 Å². The van der Waals surface area contributed by atoms with Crippen molar-refractivity contribution in [3.8, 4) is 11.1 Å². The highest BCUT2D eigenvalue weighted by Crippen LogP contribution is 2.33. The maximum atomic E-state index is 12.8. The maximum Gasteiger partial charge on any atom is 0.411 e. The molecule has 10 nitrogen and oxygen atoms in total. The fraction of sp³-hybridized carbons (Fsp3) is 0.407. The van der Waals surface area contributed by atoms with E-state index >= 15 is 0 Å². The van der Waals surface area contributed by atoms with Gasteiger partial charge in [0.1, 0.15) is 11.6 Å². The second-order valence-electron chi connectivity index (χ2n) is 9.44. The van der Waals surface area contributed by atoms with Crippen LogP contribution in [0.2, 0.25) is 0 Å². The Hall–Kier alpha value is -4.08. The normalized spacial score (nSPS) is 18.0. The zero-order valence-corrected chi connectivity index (χ0v) is 21.8. The topological polar surface area (TPSA) is 128 Å². The number of esters is 1. The third-order valence-electron chi connectivity index (χ3n) is 5.40. The van der Waals surface area contributed by atoms with Gasteiger partial charge in [-0.25, -0.2) is 14.4 Å². The van der Waals surface area contributed by atoms with Crippen molar-refractivity contribution in [3.05, 3.63) is 54.4 Å². The lowest BCUT2D eigenvalue weighted by Gasteiger charge is -2.24. The average Bonchev–Trinajstić information content (AvgIpc) is 2.83. The maximum absolute atomic E-state index is 12.8. The Balaban J connectivity index is 2.06. The molecular weight excluding hydrogens is 476 g/mol. The van der Waals surface area contributed by atoms with Gasteiger partial charge < -0.3 is 24.8 Å². The van der Waals surface area contributed by atoms with Gasteiger partial charge in [-0.2, -0.15) is 0 Å². The number of methoxy groups -OCH3 is 1. The van der Waals surface area contributed by atoms with Crippen LogP contribution < -0.4 is 16.0 Å². The van der Waals surface area contributed by atoms with Crippen molar-refractivity contribution in [1.82, 2.24) is 10.3 Å². The van der Waals surface area contributed by atoms with Crippen LogP contribution in [0.15, 0.2) is 48.7 Å². The summed E-state index contributed by atoms with van der Waals surface area (Å²) in [6.45, 7) is 7.40. The molecule has 3 rings (SSSR count). The molecule has 0 aliphatic carbocycles. The fourth-order valence-electron chi connectivity index (χ4n) is 3.78. The van der Waals surface area contributed by atoms with E-state index in [0.29, 0.717) is 29.9 Å². The van der Waals surface area contributed by atoms with Crippen molar-refractivity contribution in [3.63, 3.8) is 0 Å². The highest BCUT2D eigenvalue weighted by Gasteiger charge is 2.24. The summed E-state index contributed by atoms with van der Waals surface area (Å²) in [6, 6.07) is 7.87. The molecule has 2 bridgehead atoms. The third-order valence-corrected chi connectivity index (χ3v) is 5.40. The van der Waals surface area contributed by atoms with Gasteiger partial charge in [0.25, 0.3) is 0 Å². The summed E-state index contributed by atoms with van der Waals surface area (Å²) in [7, 11) is 1.28. The summed E-state index contributed by atoms with van der Waals surface area (Å²) in [6.07, 6.45) is 5.04. The predicted octanol–water partition coefficient (Wildman–Crippen LogP) is 5.19. The Bertz CT molecular complexity index is 1160. The number of carbonyl (C=O) groups excluding carboxylic acids is 3. The van der Waals surface area contributed by atoms with Crippen LogP contribution >= 0.6 is 0 Å². The van der Waals surface area contributed by atoms with Gasteiger partial charge in [0.05, 0.1) is 25.5 Å². The van der Waals surface area contributed by atoms with Gasteiger partial charge in [-0.05, 0) is 70.4 Å². The van der Waals surface area contributed by atoms with E-state index in [4.69, 9.17) is 14.2 Å². The summed E-state index contributed by atoms with van der Waals surface area (Å²) in [4.78, 5) is 41.6. The highest BCUT2D eigenvalue weighted by molar-refractivity contribution is 5.90. The van der Waals surface area contributed by atoms with Crippen molar-refractivity contribution in [2.45, 2.75) is 58.2 Å². The summed E-state index contributed by atoms with van der Waals surface area (Å²) in [5.41, 5.74) is 2.68. The van der Waals surface area contributed by atoms with Crippen LogP contribution in [-0.2, 0) is 19.0 Å². The van der Waals surface area contributed by atoms with Gasteiger partial charge in [-0.1, -0.05) is 18.2 Å². The molecule has 2 atom stereocenters. The molecule has 0 saturated heterocycles. The minimum absolute atomic E-state index is 0.243. The lowest BCUT2D eigenvalue weighted by molar-refractivity contribution is -0.143. The SMILES string of the molecule is CCOC(=O)[C@@H]1C/C=C\C[C@H](NC(=O)OC(C)(C)C)c2cc(ccn2)-c2ccc(NC(=O)OC)cc2N1. The largest absolute Gasteiger partial charge is 0.464 e. The van der Waals surface area contributed by atoms with Crippen LogP contribution in [0, 0.1) is 0 Å². The molecule has 1 aromatic carbocycles. The van der Waals surface area contributed by atoms with Gasteiger partial charge in [0.15, 0.2) is 0 Å². The van der Waals surface area contributed by atoms with Crippen molar-refractivity contribution in [1.29, 1.82) is 0 Å². The molecule has 0 spiro atoms. The number of amides is 2. The van der Waals surface area contributed by atoms with E-state index in [1.807, 2.05) is 30.4 Å². The van der Waals surface area contributed by atoms with E-state index in [1.165, 1.54) is 7.11 Å². The van der Waals surface area contributed by atoms with Crippen LogP contribution in [0.3, 0.4) is 0 Å². The molecule has 3 N–H and O–H groups in total. The van der Waals surface area contributed by atoms with Crippen LogP contribution in [-0.4, -0.2) is 48.5 Å². The highest BCUT2D eigenvalue weighted by atomic mass is 16.6. The zero-order chi connectivity index (χ0) is 27.0. The Kier molecular flexibility index (Phi) is 9.10. The van der Waals surface area contributed by atoms with Crippen LogP contribution in [0.4, 0.5) is 21.0 Å². The first-order valence-electron chi connectivity index (χ1n) is 12.1. The number of rotatable bonds is 4. The molecule has 1 aliphatic heterocycles. The average molecular weight is 511 g/mol. The number of nitrogens with zero attached hydrogens (tertiary/aromatic N) is 1. The molecule has 37 heavy (non-hydrogen) atoms. The number of carbonyl (C=O) groups is 3. The number of anilines is 2. The van der Waals surface area contributed by atoms with E-state index in [9.17, 15) is 14.4 Å². The third kappa shape index (κ3) is 7.96. The van der Waals surface area contributed by atoms with Crippen molar-refractivity contribution in [2.75, 3.05) is 24.4 Å². The molecule has 2 heterocycles. The smallest absolute Gasteiger partial charge is 0.411 e. The first-order valence-corrected chi connectivity index (χ1v) is 12.1. The molecule has 0 fully saturated rings. The Morgan fingerprint density at radius 2 is 1.84 bits per heavy atom. The number of hydrogen-bond acceptors (Lipinski definition) is 8. The van der Waals surface area contributed by atoms with Crippen LogP contribution in [0.5, 0.6) is 0 Å². The summed E-state index contributed by atoms with van der Waals surface area (Å²) in [5, 5.41) is 8.84. The number of nitrogens with one attached hydrogen (secondary N) is 3. The van der Waals surface area contributed by atoms with Crippen molar-refractivity contribution >= 4 is 29.5 Å². The van der Waals surface area contributed by atoms with E-state index in [1.54, 1.807) is 46.0 Å². The van der Waals surface area contributed by atoms with Crippen molar-refractivity contribution in [2.24, 2.45) is 0 Å². The number of fused-ring (bicyclic) bond motifs is 4. The molecule has 198 valence electrons. The van der Waals surface area contributed by atoms with E-state index < -0.39 is 35.8 Å². The fourth-order valence-corrected chi connectivity index (χ4v) is 3.78. The summed E-state index contributed by atoms with van der Waals surface area (Å²) < 4.78 is 15.4. The predicted molar refractivity (Wildman–Crippen MR) is 140 cm³/mol. The molecule has 1 aliphatic rings. The van der Waals surface area contributed by atoms with E-state index in [2.05, 4.69) is 20.9 Å². The minimum Gasteiger partial charge on any atom is -0.464 e. The first kappa shape index (κ1) is 27.5. The van der Waals surface area contributed by atoms with Gasteiger partial charge in [0, 0.05) is 23.1 Å². The van der Waals surface area contributed by atoms with Gasteiger partial charge in [-0.3, -0.25) is 10.3 Å². The Morgan fingerprint density at radius 1 is 1.08 bits per heavy atom. The molecule has 10 heteroatoms. The Morgan fingerprint density at radius 3 is 2.54 bits per heavy atom. The number of aromatic nitrogens is 1. The number of hydrogen-bond donors (Lipinski definition) is 3. The van der Waals surface area contributed by atoms with Crippen LogP contribution in [0.1, 0.15) is 52.3 Å². The molecular formula is C27H34N4O6. The second-order valence-corrected chi connectivity index (χ2v) is 9.44. The van der Waals surface area contributed by atoms with Crippen molar-refractivity contribution < 1.29 is 28.6 Å². The number of pyridine rings is 1. The monoisotopic (exact) mass is 510 g/mol. The quantitative estimate of drug-likeness (QED) is 0.291. The molecule has 0 radical (unpaired) electrons. The van der Waals surface area contributed by atoms with Crippen LogP contribution in [0.25, 0.3) is 11.1 Å². The number of alkyl carbamates (subject to hydrolysis) is 1. The minimum atomic E-state index is -0.679. The van der Waals surface area contributed by atoms with E-state index in [-0.39, 0.29) is 6.61 Å². The molecule has 2 amide bonds. The zero-order valence-electron chi connectivity index (χ0n) is 21.8. The molecule has 1 aromatic heterocycles. The van der Waals surface area contributed by atoms with E-state index in [0.717, 1.165) is 11.1 Å². The lowest BCUT2D eigenvalue weighted by atomic mass is 9.99. The molecule has 0 unspecified atom stereocenters. The standard InChI is InChI=1S/C27H34N4O6/c1-6-36-24(32)21-10-8-7-9-20(31-26(34)37-27(2,3)4)23-15-17(13-14-28-23)19-12-11-18(16-22(19)30-21)29-25(33)35-5/h7-8,11-16,20-21,30H,6,9-10H2,1-5H3,(H,29,33)(H,31,34)/b8-7-/t20-,21-/m0/s1. The van der Waals surface area contributed by atoms with Gasteiger partial charge >= 0.3 is 18.2 Å². The summed E-state index contributed by atoms with van der Waals surface area (Å²) in [5.74, 6) is -0.402. The van der Waals surface area contributed by atoms with Gasteiger partial charge in [0.2, 0.25) is 0 Å². The molecule has 2 aromatic rings. The molecule has 0 saturated carbocycles. The van der Waals surface area contributed by atoms with Gasteiger partial charge in [-0.15, -0.1) is 0 Å². The second kappa shape index (κ2) is 12.2. The number of benzene rings is 1. The number of ether oxygens (including phenoxy) is 3. The lowest BCUT2D eigenvalue weighted by Crippen LogP contribution is -2.35.